The van der Waals surface area contributed by atoms with Gasteiger partial charge >= 0.3 is 0 Å². The van der Waals surface area contributed by atoms with Crippen LogP contribution in [0.25, 0.3) is 10.6 Å². The van der Waals surface area contributed by atoms with Gasteiger partial charge in [0, 0.05) is 17.6 Å². The first-order valence-electron chi connectivity index (χ1n) is 4.85. The van der Waals surface area contributed by atoms with E-state index in [4.69, 9.17) is 0 Å². The minimum Gasteiger partial charge on any atom is -0.325 e. The number of fused-ring (bicyclic) bond motifs is 1. The third kappa shape index (κ3) is 1.55. The Balaban J connectivity index is 2.13. The standard InChI is InChI=1S/C10H10BrN3S/c11-7-1-4-15-10(7)8-5-13-9-6-12-2-3-14(8)9/h1,4-5,12H,2-3,6H2. The maximum atomic E-state index is 4.44. The highest BCUT2D eigenvalue weighted by atomic mass is 79.9. The van der Waals surface area contributed by atoms with Crippen LogP contribution in [0, 0.1) is 0 Å². The van der Waals surface area contributed by atoms with Crippen molar-refractivity contribution in [2.75, 3.05) is 6.54 Å². The van der Waals surface area contributed by atoms with Crippen molar-refractivity contribution in [1.82, 2.24) is 14.9 Å². The molecule has 0 fully saturated rings. The maximum Gasteiger partial charge on any atom is 0.123 e. The zero-order chi connectivity index (χ0) is 10.3. The predicted octanol–water partition coefficient (Wildman–Crippen LogP) is 2.48. The highest BCUT2D eigenvalue weighted by Gasteiger charge is 2.16. The molecule has 1 aliphatic heterocycles. The van der Waals surface area contributed by atoms with Gasteiger partial charge in [0.25, 0.3) is 0 Å². The topological polar surface area (TPSA) is 29.9 Å². The van der Waals surface area contributed by atoms with Gasteiger partial charge in [-0.15, -0.1) is 11.3 Å². The molecule has 0 radical (unpaired) electrons. The Morgan fingerprint density at radius 2 is 2.47 bits per heavy atom. The Labute approximate surface area is 100 Å². The molecular formula is C10H10BrN3S. The van der Waals surface area contributed by atoms with Crippen molar-refractivity contribution >= 4 is 27.3 Å². The molecule has 0 spiro atoms. The number of thiophene rings is 1. The number of hydrogen-bond acceptors (Lipinski definition) is 3. The van der Waals surface area contributed by atoms with Crippen LogP contribution in [0.3, 0.4) is 0 Å². The van der Waals surface area contributed by atoms with E-state index in [9.17, 15) is 0 Å². The zero-order valence-electron chi connectivity index (χ0n) is 8.03. The van der Waals surface area contributed by atoms with Gasteiger partial charge in [0.05, 0.1) is 23.3 Å². The van der Waals surface area contributed by atoms with Crippen molar-refractivity contribution in [2.24, 2.45) is 0 Å². The summed E-state index contributed by atoms with van der Waals surface area (Å²) in [6.07, 6.45) is 1.97. The van der Waals surface area contributed by atoms with Crippen molar-refractivity contribution in [3.8, 4) is 10.6 Å². The fourth-order valence-corrected chi connectivity index (χ4v) is 3.45. The second-order valence-electron chi connectivity index (χ2n) is 3.49. The van der Waals surface area contributed by atoms with Crippen molar-refractivity contribution in [3.05, 3.63) is 27.9 Å². The molecule has 15 heavy (non-hydrogen) atoms. The summed E-state index contributed by atoms with van der Waals surface area (Å²) < 4.78 is 3.46. The Morgan fingerprint density at radius 3 is 3.27 bits per heavy atom. The number of rotatable bonds is 1. The van der Waals surface area contributed by atoms with Gasteiger partial charge in [-0.2, -0.15) is 0 Å². The third-order valence-electron chi connectivity index (χ3n) is 2.58. The second kappa shape index (κ2) is 3.73. The lowest BCUT2D eigenvalue weighted by atomic mass is 10.3. The lowest BCUT2D eigenvalue weighted by molar-refractivity contribution is 0.509. The average Bonchev–Trinajstić information content (AvgIpc) is 2.83. The molecule has 0 unspecified atom stereocenters. The lowest BCUT2D eigenvalue weighted by Crippen LogP contribution is -2.28. The summed E-state index contributed by atoms with van der Waals surface area (Å²) >= 11 is 5.32. The third-order valence-corrected chi connectivity index (χ3v) is 4.44. The van der Waals surface area contributed by atoms with Gasteiger partial charge in [-0.1, -0.05) is 0 Å². The van der Waals surface area contributed by atoms with E-state index in [0.29, 0.717) is 0 Å². The minimum atomic E-state index is 0.878. The summed E-state index contributed by atoms with van der Waals surface area (Å²) in [7, 11) is 0. The predicted molar refractivity (Wildman–Crippen MR) is 64.9 cm³/mol. The molecule has 2 aromatic heterocycles. The van der Waals surface area contributed by atoms with Crippen LogP contribution in [0.1, 0.15) is 5.82 Å². The number of aromatic nitrogens is 2. The number of imidazole rings is 1. The summed E-state index contributed by atoms with van der Waals surface area (Å²) in [5.74, 6) is 1.14. The van der Waals surface area contributed by atoms with E-state index in [-0.39, 0.29) is 0 Å². The zero-order valence-corrected chi connectivity index (χ0v) is 10.4. The Kier molecular flexibility index (Phi) is 2.38. The molecule has 0 aliphatic carbocycles. The van der Waals surface area contributed by atoms with E-state index >= 15 is 0 Å². The highest BCUT2D eigenvalue weighted by Crippen LogP contribution is 2.34. The SMILES string of the molecule is Brc1ccsc1-c1cnc2n1CCNC2. The van der Waals surface area contributed by atoms with Crippen LogP contribution < -0.4 is 5.32 Å². The van der Waals surface area contributed by atoms with Gasteiger partial charge in [0.2, 0.25) is 0 Å². The summed E-state index contributed by atoms with van der Waals surface area (Å²) in [6, 6.07) is 2.08. The maximum absolute atomic E-state index is 4.44. The van der Waals surface area contributed by atoms with Crippen molar-refractivity contribution < 1.29 is 0 Å². The molecule has 0 bridgehead atoms. The van der Waals surface area contributed by atoms with Gasteiger partial charge in [0.1, 0.15) is 5.82 Å². The fourth-order valence-electron chi connectivity index (χ4n) is 1.85. The first-order chi connectivity index (χ1) is 7.36. The number of hydrogen-bond donors (Lipinski definition) is 1. The molecule has 0 atom stereocenters. The van der Waals surface area contributed by atoms with Gasteiger partial charge in [-0.05, 0) is 27.4 Å². The summed E-state index contributed by atoms with van der Waals surface area (Å²) in [5, 5.41) is 5.42. The van der Waals surface area contributed by atoms with E-state index in [1.54, 1.807) is 11.3 Å². The first kappa shape index (κ1) is 9.57. The van der Waals surface area contributed by atoms with Crippen LogP contribution in [0.4, 0.5) is 0 Å². The van der Waals surface area contributed by atoms with Gasteiger partial charge in [-0.3, -0.25) is 0 Å². The molecule has 1 aliphatic rings. The quantitative estimate of drug-likeness (QED) is 0.872. The average molecular weight is 284 g/mol. The monoisotopic (exact) mass is 283 g/mol. The smallest absolute Gasteiger partial charge is 0.123 e. The normalized spacial score (nSPS) is 15.3. The number of nitrogens with one attached hydrogen (secondary N) is 1. The fraction of sp³-hybridized carbons (Fsp3) is 0.300. The molecule has 2 aromatic rings. The second-order valence-corrected chi connectivity index (χ2v) is 5.26. The molecular weight excluding hydrogens is 274 g/mol. The van der Waals surface area contributed by atoms with Crippen LogP contribution in [0.2, 0.25) is 0 Å². The van der Waals surface area contributed by atoms with Gasteiger partial charge in [0.15, 0.2) is 0 Å². The Bertz CT molecular complexity index is 489. The highest BCUT2D eigenvalue weighted by molar-refractivity contribution is 9.10. The molecule has 0 amide bonds. The van der Waals surface area contributed by atoms with E-state index in [2.05, 4.69) is 42.2 Å². The van der Waals surface area contributed by atoms with E-state index in [1.807, 2.05) is 6.20 Å². The van der Waals surface area contributed by atoms with Crippen LogP contribution in [0.5, 0.6) is 0 Å². The lowest BCUT2D eigenvalue weighted by Gasteiger charge is -2.17. The molecule has 5 heteroatoms. The Hall–Kier alpha value is -0.650. The summed E-state index contributed by atoms with van der Waals surface area (Å²) in [4.78, 5) is 5.71. The van der Waals surface area contributed by atoms with Crippen LogP contribution in [-0.4, -0.2) is 16.1 Å². The van der Waals surface area contributed by atoms with Crippen LogP contribution in [0.15, 0.2) is 22.1 Å². The van der Waals surface area contributed by atoms with E-state index < -0.39 is 0 Å². The molecule has 1 N–H and O–H groups in total. The molecule has 3 rings (SSSR count). The minimum absolute atomic E-state index is 0.878. The van der Waals surface area contributed by atoms with Crippen molar-refractivity contribution in [3.63, 3.8) is 0 Å². The van der Waals surface area contributed by atoms with Gasteiger partial charge < -0.3 is 9.88 Å². The van der Waals surface area contributed by atoms with Gasteiger partial charge in [-0.25, -0.2) is 4.98 Å². The van der Waals surface area contributed by atoms with Crippen molar-refractivity contribution in [2.45, 2.75) is 13.1 Å². The number of halogens is 1. The van der Waals surface area contributed by atoms with E-state index in [0.717, 1.165) is 29.9 Å². The Morgan fingerprint density at radius 1 is 1.53 bits per heavy atom. The first-order valence-corrected chi connectivity index (χ1v) is 6.52. The summed E-state index contributed by atoms with van der Waals surface area (Å²) in [5.41, 5.74) is 1.23. The molecule has 0 saturated heterocycles. The largest absolute Gasteiger partial charge is 0.325 e. The van der Waals surface area contributed by atoms with E-state index in [1.165, 1.54) is 10.6 Å². The summed E-state index contributed by atoms with van der Waals surface area (Å²) in [6.45, 7) is 2.91. The van der Waals surface area contributed by atoms with Crippen LogP contribution >= 0.6 is 27.3 Å². The molecule has 0 saturated carbocycles. The molecule has 78 valence electrons. The number of nitrogens with zero attached hydrogens (tertiary/aromatic N) is 2. The molecule has 0 aromatic carbocycles. The molecule has 3 heterocycles. The van der Waals surface area contributed by atoms with Crippen LogP contribution in [-0.2, 0) is 13.1 Å². The van der Waals surface area contributed by atoms with Crippen molar-refractivity contribution in [1.29, 1.82) is 0 Å². The molecule has 3 nitrogen and oxygen atoms in total.